The van der Waals surface area contributed by atoms with Gasteiger partial charge in [-0.3, -0.25) is 19.2 Å². The molecule has 0 spiro atoms. The van der Waals surface area contributed by atoms with Crippen molar-refractivity contribution in [3.63, 3.8) is 0 Å². The van der Waals surface area contributed by atoms with Gasteiger partial charge in [0.25, 0.3) is 0 Å². The molecule has 0 unspecified atom stereocenters. The second-order valence-electron chi connectivity index (χ2n) is 18.3. The minimum absolute atomic E-state index is 0.0497. The largest absolute Gasteiger partial charge is 0.465 e. The van der Waals surface area contributed by atoms with Crippen molar-refractivity contribution in [2.24, 2.45) is 56.7 Å². The normalized spacial score (nSPS) is 42.8. The molecule has 8 heteroatoms. The predicted octanol–water partition coefficient (Wildman–Crippen LogP) is 8.61. The van der Waals surface area contributed by atoms with Crippen LogP contribution in [0.3, 0.4) is 0 Å². The van der Waals surface area contributed by atoms with E-state index in [4.69, 9.17) is 14.2 Å². The van der Waals surface area contributed by atoms with E-state index in [0.717, 1.165) is 50.6 Å². The topological polar surface area (TPSA) is 108 Å². The Morgan fingerprint density at radius 3 is 2.12 bits per heavy atom. The highest BCUT2D eigenvalue weighted by Gasteiger charge is 2.72. The van der Waals surface area contributed by atoms with Gasteiger partial charge < -0.3 is 19.5 Å². The Balaban J connectivity index is 1.43. The highest BCUT2D eigenvalue weighted by atomic mass is 16.6. The number of hydrogen-bond donors (Lipinski definition) is 1. The van der Waals surface area contributed by atoms with Gasteiger partial charge in [-0.1, -0.05) is 70.9 Å². The summed E-state index contributed by atoms with van der Waals surface area (Å²) < 4.78 is 17.8. The fourth-order valence-corrected chi connectivity index (χ4v) is 12.8. The molecule has 0 radical (unpaired) electrons. The molecule has 4 fully saturated rings. The summed E-state index contributed by atoms with van der Waals surface area (Å²) in [5.74, 6) is 0.219. The third-order valence-electron chi connectivity index (χ3n) is 15.6. The number of esters is 3. The molecule has 12 atom stereocenters. The molecular weight excluding hydrogens is 642 g/mol. The fraction of sp³-hybridized carbons (Fsp3) is 0.721. The van der Waals surface area contributed by atoms with Crippen molar-refractivity contribution in [1.82, 2.24) is 0 Å². The van der Waals surface area contributed by atoms with Crippen molar-refractivity contribution in [1.29, 1.82) is 0 Å². The molecule has 280 valence electrons. The number of nitrogens with one attached hydrogen (secondary N) is 1. The lowest BCUT2D eigenvalue weighted by Gasteiger charge is -2.72. The van der Waals surface area contributed by atoms with Crippen LogP contribution in [0.5, 0.6) is 0 Å². The first kappa shape index (κ1) is 37.6. The SMILES string of the molecule is CC(=O)OC[C@@]1(C)[C@@H]2CC[C@]3(C)[C@H](CC=C4[C@@H]5[C@@H](C)[C@H](C)CC[C@]5(C(=O)Nc5ccc(C)cc5)CC[C@]43C)[C@@]2(C)C[C@@H](OC(C)=O)[C@@H]1OC(C)=O. The van der Waals surface area contributed by atoms with Crippen molar-refractivity contribution in [2.75, 3.05) is 11.9 Å². The molecule has 51 heavy (non-hydrogen) atoms. The molecule has 1 N–H and O–H groups in total. The zero-order valence-corrected chi connectivity index (χ0v) is 32.6. The van der Waals surface area contributed by atoms with Crippen LogP contribution in [0.1, 0.15) is 119 Å². The maximum Gasteiger partial charge on any atom is 0.303 e. The molecule has 0 aromatic heterocycles. The highest BCUT2D eigenvalue weighted by Crippen LogP contribution is 2.76. The Labute approximate surface area is 305 Å². The number of amides is 1. The summed E-state index contributed by atoms with van der Waals surface area (Å²) in [6.45, 7) is 20.4. The van der Waals surface area contributed by atoms with Crippen LogP contribution in [-0.4, -0.2) is 42.6 Å². The van der Waals surface area contributed by atoms with E-state index in [1.54, 1.807) is 0 Å². The van der Waals surface area contributed by atoms with Crippen molar-refractivity contribution in [3.05, 3.63) is 41.5 Å². The minimum Gasteiger partial charge on any atom is -0.465 e. The quantitative estimate of drug-likeness (QED) is 0.180. The lowest BCUT2D eigenvalue weighted by atomic mass is 9.33. The lowest BCUT2D eigenvalue weighted by molar-refractivity contribution is -0.255. The average Bonchev–Trinajstić information content (AvgIpc) is 3.04. The van der Waals surface area contributed by atoms with E-state index in [-0.39, 0.29) is 52.5 Å². The molecule has 5 aliphatic carbocycles. The molecular formula is C43H61NO7. The summed E-state index contributed by atoms with van der Waals surface area (Å²) in [6.07, 6.45) is 8.08. The van der Waals surface area contributed by atoms with Crippen molar-refractivity contribution >= 4 is 29.5 Å². The van der Waals surface area contributed by atoms with E-state index in [1.807, 2.05) is 12.1 Å². The van der Waals surface area contributed by atoms with Gasteiger partial charge in [-0.15, -0.1) is 0 Å². The van der Waals surface area contributed by atoms with E-state index in [9.17, 15) is 19.2 Å². The van der Waals surface area contributed by atoms with Crippen molar-refractivity contribution < 1.29 is 33.4 Å². The number of rotatable bonds is 6. The Kier molecular flexibility index (Phi) is 9.62. The van der Waals surface area contributed by atoms with E-state index in [1.165, 1.54) is 31.9 Å². The van der Waals surface area contributed by atoms with Crippen LogP contribution in [0, 0.1) is 63.6 Å². The maximum atomic E-state index is 14.6. The molecule has 6 rings (SSSR count). The maximum absolute atomic E-state index is 14.6. The minimum atomic E-state index is -0.764. The molecule has 0 aliphatic heterocycles. The van der Waals surface area contributed by atoms with Gasteiger partial charge in [-0.25, -0.2) is 0 Å². The Hall–Kier alpha value is -3.16. The van der Waals surface area contributed by atoms with E-state index in [0.29, 0.717) is 18.3 Å². The van der Waals surface area contributed by atoms with E-state index >= 15 is 0 Å². The molecule has 4 saturated carbocycles. The summed E-state index contributed by atoms with van der Waals surface area (Å²) in [5.41, 5.74) is 1.73. The standard InChI is InChI=1S/C43H61NO7/c1-25-11-13-31(14-12-25)44-38(48)43-20-17-26(2)27(3)36(43)32-15-16-35-39(7)23-33(50-29(5)46)37(51-30(6)47)40(8,24-49-28(4)45)34(39)18-19-42(35,10)41(32,9)21-22-43/h11-15,26-27,33-37H,16-24H2,1-10H3,(H,44,48)/t26-,27+,33-,34-,35-,36+,37+,39+,40+,41-,42-,43+/m1/s1. The fourth-order valence-electron chi connectivity index (χ4n) is 12.8. The summed E-state index contributed by atoms with van der Waals surface area (Å²) in [7, 11) is 0. The Morgan fingerprint density at radius 1 is 0.824 bits per heavy atom. The van der Waals surface area contributed by atoms with Gasteiger partial charge in [0.15, 0.2) is 0 Å². The molecule has 1 aromatic carbocycles. The van der Waals surface area contributed by atoms with Crippen LogP contribution in [-0.2, 0) is 33.4 Å². The van der Waals surface area contributed by atoms with Gasteiger partial charge >= 0.3 is 17.9 Å². The van der Waals surface area contributed by atoms with Gasteiger partial charge in [-0.05, 0) is 116 Å². The van der Waals surface area contributed by atoms with Crippen molar-refractivity contribution in [3.8, 4) is 0 Å². The average molecular weight is 704 g/mol. The number of aryl methyl sites for hydroxylation is 1. The number of allylic oxidation sites excluding steroid dienone is 2. The summed E-state index contributed by atoms with van der Waals surface area (Å²) in [5, 5.41) is 3.37. The second kappa shape index (κ2) is 13.1. The molecule has 1 aromatic rings. The number of carbonyl (C=O) groups is 4. The first-order chi connectivity index (χ1) is 23.8. The number of carbonyl (C=O) groups excluding carboxylic acids is 4. The highest BCUT2D eigenvalue weighted by molar-refractivity contribution is 5.96. The van der Waals surface area contributed by atoms with Gasteiger partial charge in [0.1, 0.15) is 18.8 Å². The molecule has 5 aliphatic rings. The van der Waals surface area contributed by atoms with Crippen LogP contribution in [0.15, 0.2) is 35.9 Å². The zero-order valence-electron chi connectivity index (χ0n) is 32.6. The number of fused-ring (bicyclic) bond motifs is 7. The first-order valence-corrected chi connectivity index (χ1v) is 19.4. The smallest absolute Gasteiger partial charge is 0.303 e. The lowest BCUT2D eigenvalue weighted by Crippen LogP contribution is -2.69. The predicted molar refractivity (Wildman–Crippen MR) is 196 cm³/mol. The van der Waals surface area contributed by atoms with E-state index in [2.05, 4.69) is 72.0 Å². The molecule has 8 nitrogen and oxygen atoms in total. The van der Waals surface area contributed by atoms with Crippen LogP contribution in [0.2, 0.25) is 0 Å². The Morgan fingerprint density at radius 2 is 1.49 bits per heavy atom. The Bertz CT molecular complexity index is 1600. The molecule has 0 bridgehead atoms. The van der Waals surface area contributed by atoms with Gasteiger partial charge in [0.05, 0.1) is 5.41 Å². The zero-order chi connectivity index (χ0) is 37.3. The van der Waals surface area contributed by atoms with Crippen LogP contribution < -0.4 is 5.32 Å². The number of hydrogen-bond acceptors (Lipinski definition) is 7. The van der Waals surface area contributed by atoms with Gasteiger partial charge in [0.2, 0.25) is 5.91 Å². The van der Waals surface area contributed by atoms with Crippen LogP contribution in [0.4, 0.5) is 5.69 Å². The van der Waals surface area contributed by atoms with Gasteiger partial charge in [0, 0.05) is 31.9 Å². The summed E-state index contributed by atoms with van der Waals surface area (Å²) >= 11 is 0. The van der Waals surface area contributed by atoms with Crippen LogP contribution in [0.25, 0.3) is 0 Å². The van der Waals surface area contributed by atoms with Crippen molar-refractivity contribution in [2.45, 2.75) is 133 Å². The molecule has 0 saturated heterocycles. The molecule has 1 amide bonds. The second-order valence-corrected chi connectivity index (χ2v) is 18.3. The number of benzene rings is 1. The number of ether oxygens (including phenoxy) is 3. The third-order valence-corrected chi connectivity index (χ3v) is 15.6. The van der Waals surface area contributed by atoms with Gasteiger partial charge in [-0.2, -0.15) is 0 Å². The van der Waals surface area contributed by atoms with E-state index < -0.39 is 35.0 Å². The summed E-state index contributed by atoms with van der Waals surface area (Å²) in [6, 6.07) is 8.14. The molecule has 0 heterocycles. The first-order valence-electron chi connectivity index (χ1n) is 19.4. The van der Waals surface area contributed by atoms with Crippen LogP contribution >= 0.6 is 0 Å². The summed E-state index contributed by atoms with van der Waals surface area (Å²) in [4.78, 5) is 52.0. The number of anilines is 1. The third kappa shape index (κ3) is 5.85. The monoisotopic (exact) mass is 703 g/mol.